The van der Waals surface area contributed by atoms with E-state index < -0.39 is 0 Å². The van der Waals surface area contributed by atoms with Gasteiger partial charge in [0.25, 0.3) is 0 Å². The predicted octanol–water partition coefficient (Wildman–Crippen LogP) is -0.0674. The molecule has 0 bridgehead atoms. The Hall–Kier alpha value is -1.14. The van der Waals surface area contributed by atoms with Crippen LogP contribution in [0.4, 0.5) is 5.82 Å². The molecule has 2 rings (SSSR count). The molecule has 0 saturated heterocycles. The maximum absolute atomic E-state index is 5.47. The molecule has 0 unspecified atom stereocenters. The number of H-pyrrole nitrogens is 1. The van der Waals surface area contributed by atoms with Crippen LogP contribution in [0.25, 0.3) is 11.2 Å². The van der Waals surface area contributed by atoms with E-state index in [0.717, 1.165) is 0 Å². The first-order valence-electron chi connectivity index (χ1n) is 2.77. The zero-order chi connectivity index (χ0) is 6.97. The van der Waals surface area contributed by atoms with Crippen LogP contribution in [0.3, 0.4) is 0 Å². The number of nitrogens with one attached hydrogen (secondary N) is 1. The van der Waals surface area contributed by atoms with Gasteiger partial charge in [0, 0.05) is 16.8 Å². The van der Waals surface area contributed by atoms with Crippen molar-refractivity contribution in [3.05, 3.63) is 12.7 Å². The van der Waals surface area contributed by atoms with E-state index in [2.05, 4.69) is 19.9 Å². The molecule has 0 atom stereocenters. The second-order valence-electron chi connectivity index (χ2n) is 1.86. The van der Waals surface area contributed by atoms with Gasteiger partial charge in [-0.1, -0.05) is 0 Å². The Kier molecular flexibility index (Phi) is 2.06. The van der Waals surface area contributed by atoms with Gasteiger partial charge in [0.15, 0.2) is 11.5 Å². The minimum absolute atomic E-state index is 0. The number of aromatic nitrogens is 4. The Labute approximate surface area is 72.6 Å². The van der Waals surface area contributed by atoms with Gasteiger partial charge in [-0.2, -0.15) is 0 Å². The summed E-state index contributed by atoms with van der Waals surface area (Å²) in [6.45, 7) is 0. The summed E-state index contributed by atoms with van der Waals surface area (Å²) in [5.41, 5.74) is 6.77. The standard InChI is InChI=1S/C5H5N5.Co/c6-4-3-5(9-1-7-3)10-2-8-4;/h1-2H,(H3,6,7,8,9,10);. The molecule has 0 spiro atoms. The maximum atomic E-state index is 5.47. The molecule has 0 aromatic carbocycles. The number of rotatable bonds is 0. The van der Waals surface area contributed by atoms with Crippen LogP contribution in [-0.4, -0.2) is 19.9 Å². The van der Waals surface area contributed by atoms with Gasteiger partial charge >= 0.3 is 0 Å². The van der Waals surface area contributed by atoms with E-state index in [-0.39, 0.29) is 16.8 Å². The number of aromatic amines is 1. The number of anilines is 1. The number of hydrogen-bond acceptors (Lipinski definition) is 4. The summed E-state index contributed by atoms with van der Waals surface area (Å²) in [5, 5.41) is 0. The summed E-state index contributed by atoms with van der Waals surface area (Å²) < 4.78 is 0. The number of nitrogens with two attached hydrogens (primary N) is 1. The fraction of sp³-hybridized carbons (Fsp3) is 0. The molecule has 0 fully saturated rings. The molecule has 11 heavy (non-hydrogen) atoms. The first-order valence-corrected chi connectivity index (χ1v) is 2.77. The quantitative estimate of drug-likeness (QED) is 0.615. The monoisotopic (exact) mass is 194 g/mol. The summed E-state index contributed by atoms with van der Waals surface area (Å²) in [6.07, 6.45) is 2.94. The van der Waals surface area contributed by atoms with E-state index >= 15 is 0 Å². The first-order chi connectivity index (χ1) is 4.88. The van der Waals surface area contributed by atoms with Crippen LogP contribution in [0.15, 0.2) is 12.7 Å². The summed E-state index contributed by atoms with van der Waals surface area (Å²) in [6, 6.07) is 0. The van der Waals surface area contributed by atoms with Crippen LogP contribution in [-0.2, 0) is 16.8 Å². The molecule has 2 aromatic rings. The predicted molar refractivity (Wildman–Crippen MR) is 36.1 cm³/mol. The SMILES string of the molecule is Nc1ncnc2[nH]cnc12.[Co]. The van der Waals surface area contributed by atoms with Crippen molar-refractivity contribution < 1.29 is 16.8 Å². The maximum Gasteiger partial charge on any atom is 0.162 e. The van der Waals surface area contributed by atoms with Crippen LogP contribution in [0.5, 0.6) is 0 Å². The number of nitrogens with zero attached hydrogens (tertiary/aromatic N) is 3. The fourth-order valence-corrected chi connectivity index (χ4v) is 0.783. The second-order valence-corrected chi connectivity index (χ2v) is 1.86. The van der Waals surface area contributed by atoms with E-state index in [1.807, 2.05) is 0 Å². The third kappa shape index (κ3) is 1.17. The number of fused-ring (bicyclic) bond motifs is 1. The van der Waals surface area contributed by atoms with Gasteiger partial charge in [0.05, 0.1) is 6.33 Å². The molecule has 0 aliphatic heterocycles. The molecule has 3 N–H and O–H groups in total. The van der Waals surface area contributed by atoms with Crippen molar-refractivity contribution in [2.75, 3.05) is 5.73 Å². The number of hydrogen-bond donors (Lipinski definition) is 2. The molecule has 59 valence electrons. The van der Waals surface area contributed by atoms with Crippen molar-refractivity contribution in [3.63, 3.8) is 0 Å². The fourth-order valence-electron chi connectivity index (χ4n) is 0.783. The molecule has 2 aromatic heterocycles. The van der Waals surface area contributed by atoms with Gasteiger partial charge in [-0.25, -0.2) is 15.0 Å². The van der Waals surface area contributed by atoms with E-state index in [1.54, 1.807) is 0 Å². The summed E-state index contributed by atoms with van der Waals surface area (Å²) in [4.78, 5) is 14.4. The molecule has 0 aliphatic rings. The smallest absolute Gasteiger partial charge is 0.162 e. The minimum Gasteiger partial charge on any atom is -0.382 e. The molecule has 2 heterocycles. The Morgan fingerprint density at radius 2 is 2.09 bits per heavy atom. The zero-order valence-electron chi connectivity index (χ0n) is 5.41. The largest absolute Gasteiger partial charge is 0.382 e. The van der Waals surface area contributed by atoms with Crippen molar-refractivity contribution >= 4 is 17.0 Å². The molecule has 6 heteroatoms. The molecule has 0 amide bonds. The van der Waals surface area contributed by atoms with Crippen LogP contribution >= 0.6 is 0 Å². The third-order valence-corrected chi connectivity index (χ3v) is 1.25. The number of nitrogen functional groups attached to an aromatic ring is 1. The number of imidazole rings is 1. The van der Waals surface area contributed by atoms with Gasteiger partial charge in [0.1, 0.15) is 11.8 Å². The van der Waals surface area contributed by atoms with E-state index in [1.165, 1.54) is 12.7 Å². The Balaban J connectivity index is 0.000000605. The van der Waals surface area contributed by atoms with E-state index in [9.17, 15) is 0 Å². The van der Waals surface area contributed by atoms with Gasteiger partial charge in [-0.05, 0) is 0 Å². The Morgan fingerprint density at radius 3 is 2.82 bits per heavy atom. The van der Waals surface area contributed by atoms with Gasteiger partial charge in [0.2, 0.25) is 0 Å². The van der Waals surface area contributed by atoms with Crippen molar-refractivity contribution in [2.24, 2.45) is 0 Å². The van der Waals surface area contributed by atoms with Gasteiger partial charge in [-0.15, -0.1) is 0 Å². The van der Waals surface area contributed by atoms with Crippen LogP contribution in [0.2, 0.25) is 0 Å². The Morgan fingerprint density at radius 1 is 1.27 bits per heavy atom. The van der Waals surface area contributed by atoms with Gasteiger partial charge in [-0.3, -0.25) is 0 Å². The van der Waals surface area contributed by atoms with Crippen molar-refractivity contribution in [3.8, 4) is 0 Å². The van der Waals surface area contributed by atoms with Crippen molar-refractivity contribution in [1.29, 1.82) is 0 Å². The van der Waals surface area contributed by atoms with Crippen LogP contribution in [0.1, 0.15) is 0 Å². The van der Waals surface area contributed by atoms with Crippen molar-refractivity contribution in [2.45, 2.75) is 0 Å². The molecule has 0 saturated carbocycles. The Bertz CT molecular complexity index is 356. The average molecular weight is 194 g/mol. The molecule has 5 nitrogen and oxygen atoms in total. The molecular formula is C5H5CoN5. The second kappa shape index (κ2) is 2.85. The molecule has 0 aliphatic carbocycles. The van der Waals surface area contributed by atoms with E-state index in [0.29, 0.717) is 17.0 Å². The van der Waals surface area contributed by atoms with E-state index in [4.69, 9.17) is 5.73 Å². The van der Waals surface area contributed by atoms with Crippen LogP contribution < -0.4 is 5.73 Å². The topological polar surface area (TPSA) is 80.5 Å². The average Bonchev–Trinajstić information content (AvgIpc) is 2.36. The summed E-state index contributed by atoms with van der Waals surface area (Å²) in [5.74, 6) is 0.409. The normalized spacial score (nSPS) is 9.45. The third-order valence-electron chi connectivity index (χ3n) is 1.25. The minimum atomic E-state index is 0. The van der Waals surface area contributed by atoms with Crippen molar-refractivity contribution in [1.82, 2.24) is 19.9 Å². The molecule has 1 radical (unpaired) electrons. The first kappa shape index (κ1) is 7.96. The molecular weight excluding hydrogens is 189 g/mol. The van der Waals surface area contributed by atoms with Gasteiger partial charge < -0.3 is 10.7 Å². The summed E-state index contributed by atoms with van der Waals surface area (Å²) in [7, 11) is 0. The van der Waals surface area contributed by atoms with Crippen LogP contribution in [0, 0.1) is 0 Å². The zero-order valence-corrected chi connectivity index (χ0v) is 6.45. The summed E-state index contributed by atoms with van der Waals surface area (Å²) >= 11 is 0.